The van der Waals surface area contributed by atoms with Gasteiger partial charge in [0.1, 0.15) is 0 Å². The molecule has 2 aliphatic heterocycles. The number of hydrogen-bond acceptors (Lipinski definition) is 6. The van der Waals surface area contributed by atoms with Gasteiger partial charge in [-0.2, -0.15) is 0 Å². The van der Waals surface area contributed by atoms with Gasteiger partial charge in [-0.15, -0.1) is 0 Å². The van der Waals surface area contributed by atoms with E-state index in [1.54, 1.807) is 5.48 Å². The van der Waals surface area contributed by atoms with Crippen molar-refractivity contribution < 1.29 is 10.0 Å². The van der Waals surface area contributed by atoms with Crippen molar-refractivity contribution in [3.05, 3.63) is 48.3 Å². The maximum atomic E-state index is 11.3. The van der Waals surface area contributed by atoms with E-state index in [1.807, 2.05) is 6.07 Å². The summed E-state index contributed by atoms with van der Waals surface area (Å²) in [6.45, 7) is 1.84. The number of anilines is 2. The molecule has 2 atom stereocenters. The van der Waals surface area contributed by atoms with Crippen molar-refractivity contribution in [2.24, 2.45) is 0 Å². The predicted molar refractivity (Wildman–Crippen MR) is 84.6 cm³/mol. The Morgan fingerprint density at radius 2 is 1.74 bits per heavy atom. The summed E-state index contributed by atoms with van der Waals surface area (Å²) in [5.41, 5.74) is 3.08. The van der Waals surface area contributed by atoms with Gasteiger partial charge in [0.15, 0.2) is 0 Å². The third-order valence-corrected chi connectivity index (χ3v) is 4.59. The lowest BCUT2D eigenvalue weighted by Crippen LogP contribution is -2.47. The van der Waals surface area contributed by atoms with Gasteiger partial charge in [-0.3, -0.25) is 10.0 Å². The van der Waals surface area contributed by atoms with Crippen LogP contribution in [0.4, 0.5) is 11.6 Å². The van der Waals surface area contributed by atoms with Crippen LogP contribution in [0, 0.1) is 0 Å². The molecule has 0 aliphatic carbocycles. The number of amides is 1. The van der Waals surface area contributed by atoms with Crippen LogP contribution in [0.2, 0.25) is 0 Å². The second kappa shape index (κ2) is 5.51. The number of rotatable bonds is 3. The van der Waals surface area contributed by atoms with Crippen LogP contribution in [0.1, 0.15) is 16.8 Å². The summed E-state index contributed by atoms with van der Waals surface area (Å²) < 4.78 is 0. The van der Waals surface area contributed by atoms with Crippen LogP contribution in [0.3, 0.4) is 0 Å². The Bertz CT molecular complexity index is 706. The molecular formula is C16H17N5O2. The first-order chi connectivity index (χ1) is 11.3. The van der Waals surface area contributed by atoms with Gasteiger partial charge < -0.3 is 9.80 Å². The fourth-order valence-corrected chi connectivity index (χ4v) is 3.50. The molecule has 2 aliphatic rings. The summed E-state index contributed by atoms with van der Waals surface area (Å²) in [6.07, 6.45) is 3.97. The number of para-hydroxylation sites is 1. The molecule has 0 saturated carbocycles. The quantitative estimate of drug-likeness (QED) is 0.652. The van der Waals surface area contributed by atoms with Crippen molar-refractivity contribution in [1.82, 2.24) is 15.4 Å². The number of aromatic nitrogens is 2. The molecule has 118 valence electrons. The average Bonchev–Trinajstić information content (AvgIpc) is 3.22. The molecule has 3 heterocycles. The Hall–Kier alpha value is -2.67. The van der Waals surface area contributed by atoms with E-state index in [0.29, 0.717) is 18.0 Å². The lowest BCUT2D eigenvalue weighted by Gasteiger charge is -2.35. The molecule has 0 unspecified atom stereocenters. The monoisotopic (exact) mass is 311 g/mol. The minimum absolute atomic E-state index is 0.242. The van der Waals surface area contributed by atoms with Gasteiger partial charge in [-0.05, 0) is 18.6 Å². The van der Waals surface area contributed by atoms with Gasteiger partial charge in [-0.1, -0.05) is 18.2 Å². The van der Waals surface area contributed by atoms with Gasteiger partial charge in [0.2, 0.25) is 5.95 Å². The van der Waals surface area contributed by atoms with Gasteiger partial charge in [0.05, 0.1) is 11.6 Å². The van der Waals surface area contributed by atoms with Gasteiger partial charge >= 0.3 is 0 Å². The maximum Gasteiger partial charge on any atom is 0.277 e. The van der Waals surface area contributed by atoms with Crippen molar-refractivity contribution >= 4 is 17.5 Å². The summed E-state index contributed by atoms with van der Waals surface area (Å²) in [4.78, 5) is 24.5. The maximum absolute atomic E-state index is 11.3. The van der Waals surface area contributed by atoms with Crippen molar-refractivity contribution in [3.8, 4) is 0 Å². The van der Waals surface area contributed by atoms with Crippen molar-refractivity contribution in [2.75, 3.05) is 22.9 Å². The highest BCUT2D eigenvalue weighted by molar-refractivity contribution is 5.92. The molecule has 7 heteroatoms. The molecule has 2 fully saturated rings. The van der Waals surface area contributed by atoms with E-state index in [-0.39, 0.29) is 5.56 Å². The van der Waals surface area contributed by atoms with Crippen LogP contribution in [0.5, 0.6) is 0 Å². The van der Waals surface area contributed by atoms with E-state index in [2.05, 4.69) is 44.0 Å². The minimum atomic E-state index is -0.602. The van der Waals surface area contributed by atoms with Crippen LogP contribution >= 0.6 is 0 Å². The highest BCUT2D eigenvalue weighted by Crippen LogP contribution is 2.35. The number of hydroxylamine groups is 1. The number of carbonyl (C=O) groups is 1. The molecule has 2 bridgehead atoms. The smallest absolute Gasteiger partial charge is 0.277 e. The molecule has 23 heavy (non-hydrogen) atoms. The molecule has 0 radical (unpaired) electrons. The highest BCUT2D eigenvalue weighted by Gasteiger charge is 2.44. The number of carbonyl (C=O) groups excluding carboxylic acids is 1. The second-order valence-electron chi connectivity index (χ2n) is 5.90. The van der Waals surface area contributed by atoms with Crippen LogP contribution in [0.25, 0.3) is 0 Å². The van der Waals surface area contributed by atoms with E-state index >= 15 is 0 Å². The minimum Gasteiger partial charge on any atom is -0.365 e. The molecule has 4 rings (SSSR count). The fourth-order valence-electron chi connectivity index (χ4n) is 3.50. The van der Waals surface area contributed by atoms with E-state index in [0.717, 1.165) is 19.5 Å². The van der Waals surface area contributed by atoms with E-state index < -0.39 is 5.91 Å². The molecule has 1 aromatic carbocycles. The summed E-state index contributed by atoms with van der Waals surface area (Å²) in [7, 11) is 0. The molecule has 1 amide bonds. The Morgan fingerprint density at radius 1 is 1.09 bits per heavy atom. The Balaban J connectivity index is 1.49. The number of benzene rings is 1. The predicted octanol–water partition coefficient (Wildman–Crippen LogP) is 1.06. The molecule has 2 saturated heterocycles. The van der Waals surface area contributed by atoms with Gasteiger partial charge in [0.25, 0.3) is 5.91 Å². The Kier molecular flexibility index (Phi) is 3.34. The number of hydrogen-bond donors (Lipinski definition) is 2. The summed E-state index contributed by atoms with van der Waals surface area (Å²) in [5.74, 6) is 0.0365. The molecule has 1 aromatic heterocycles. The lowest BCUT2D eigenvalue weighted by atomic mass is 10.2. The zero-order valence-corrected chi connectivity index (χ0v) is 12.5. The SMILES string of the molecule is O=C(NO)c1cnc(N2C[C@H]3C[C@@H]2CN3c2ccccc2)nc1. The number of fused-ring (bicyclic) bond motifs is 2. The van der Waals surface area contributed by atoms with Crippen LogP contribution < -0.4 is 15.3 Å². The first kappa shape index (κ1) is 14.0. The van der Waals surface area contributed by atoms with Crippen molar-refractivity contribution in [2.45, 2.75) is 18.5 Å². The second-order valence-corrected chi connectivity index (χ2v) is 5.90. The normalized spacial score (nSPS) is 22.5. The third-order valence-electron chi connectivity index (χ3n) is 4.59. The highest BCUT2D eigenvalue weighted by atomic mass is 16.5. The van der Waals surface area contributed by atoms with Crippen molar-refractivity contribution in [1.29, 1.82) is 0 Å². The van der Waals surface area contributed by atoms with Crippen molar-refractivity contribution in [3.63, 3.8) is 0 Å². The average molecular weight is 311 g/mol. The molecule has 2 aromatic rings. The third kappa shape index (κ3) is 2.39. The standard InChI is InChI=1S/C16H17N5O2/c22-15(19-23)11-7-17-16(18-8-11)21-10-13-6-14(21)9-20(13)12-4-2-1-3-5-12/h1-5,7-8,13-14,23H,6,9-10H2,(H,19,22)/t13-,14-/m1/s1. The van der Waals surface area contributed by atoms with Gasteiger partial charge in [-0.25, -0.2) is 15.4 Å². The Morgan fingerprint density at radius 3 is 2.35 bits per heavy atom. The van der Waals surface area contributed by atoms with E-state index in [9.17, 15) is 4.79 Å². The lowest BCUT2D eigenvalue weighted by molar-refractivity contribution is 0.0705. The van der Waals surface area contributed by atoms with Crippen LogP contribution in [-0.2, 0) is 0 Å². The van der Waals surface area contributed by atoms with E-state index in [4.69, 9.17) is 5.21 Å². The molecule has 0 spiro atoms. The number of nitrogens with one attached hydrogen (secondary N) is 1. The van der Waals surface area contributed by atoms with Crippen LogP contribution in [-0.4, -0.2) is 46.3 Å². The fraction of sp³-hybridized carbons (Fsp3) is 0.312. The number of nitrogens with zero attached hydrogens (tertiary/aromatic N) is 4. The summed E-state index contributed by atoms with van der Waals surface area (Å²) in [5, 5.41) is 8.62. The zero-order valence-electron chi connectivity index (χ0n) is 12.5. The molecular weight excluding hydrogens is 294 g/mol. The first-order valence-corrected chi connectivity index (χ1v) is 7.61. The van der Waals surface area contributed by atoms with E-state index in [1.165, 1.54) is 18.1 Å². The zero-order chi connectivity index (χ0) is 15.8. The number of piperazine rings is 1. The molecule has 2 N–H and O–H groups in total. The first-order valence-electron chi connectivity index (χ1n) is 7.61. The topological polar surface area (TPSA) is 81.6 Å². The Labute approximate surface area is 133 Å². The molecule has 7 nitrogen and oxygen atoms in total. The summed E-state index contributed by atoms with van der Waals surface area (Å²) >= 11 is 0. The van der Waals surface area contributed by atoms with Gasteiger partial charge in [0, 0.05) is 37.2 Å². The largest absolute Gasteiger partial charge is 0.365 e. The van der Waals surface area contributed by atoms with Crippen LogP contribution in [0.15, 0.2) is 42.7 Å². The summed E-state index contributed by atoms with van der Waals surface area (Å²) in [6, 6.07) is 11.3.